The molecular weight excluding hydrogens is 656 g/mol. The van der Waals surface area contributed by atoms with Crippen molar-refractivity contribution in [2.75, 3.05) is 6.61 Å². The van der Waals surface area contributed by atoms with E-state index in [-0.39, 0.29) is 31.4 Å². The summed E-state index contributed by atoms with van der Waals surface area (Å²) in [5.41, 5.74) is -6.19. The molecule has 0 spiro atoms. The van der Waals surface area contributed by atoms with Gasteiger partial charge < -0.3 is 38.3 Å². The van der Waals surface area contributed by atoms with Crippen molar-refractivity contribution < 1.29 is 67.0 Å². The molecule has 6 unspecified atom stereocenters. The van der Waals surface area contributed by atoms with Gasteiger partial charge in [0.25, 0.3) is 0 Å². The van der Waals surface area contributed by atoms with Gasteiger partial charge in [0.1, 0.15) is 30.0 Å². The molecule has 0 aromatic heterocycles. The molecule has 4 aliphatic rings. The maximum Gasteiger partial charge on any atom is 0.306 e. The van der Waals surface area contributed by atoms with E-state index in [0.29, 0.717) is 12.0 Å². The first-order valence-corrected chi connectivity index (χ1v) is 17.3. The zero-order valence-electron chi connectivity index (χ0n) is 30.7. The molecule has 280 valence electrons. The number of esters is 6. The van der Waals surface area contributed by atoms with Gasteiger partial charge in [0.15, 0.2) is 17.8 Å². The molecule has 2 bridgehead atoms. The zero-order valence-corrected chi connectivity index (χ0v) is 30.7. The Hall–Kier alpha value is -3.52. The molecule has 3 aliphatic carbocycles. The molecule has 0 aromatic rings. The average molecular weight is 709 g/mol. The molecule has 14 nitrogen and oxygen atoms in total. The third-order valence-electron chi connectivity index (χ3n) is 11.3. The molecule has 1 aliphatic heterocycles. The Bertz CT molecular complexity index is 1430. The Morgan fingerprint density at radius 2 is 1.40 bits per heavy atom. The van der Waals surface area contributed by atoms with Crippen LogP contribution in [0.5, 0.6) is 0 Å². The summed E-state index contributed by atoms with van der Waals surface area (Å²) >= 11 is 0. The van der Waals surface area contributed by atoms with Crippen LogP contribution in [-0.4, -0.2) is 95.4 Å². The van der Waals surface area contributed by atoms with Gasteiger partial charge in [-0.3, -0.25) is 28.8 Å². The fraction of sp³-hybridized carbons (Fsp3) is 0.778. The lowest BCUT2D eigenvalue weighted by Gasteiger charge is -2.69. The second-order valence-corrected chi connectivity index (χ2v) is 14.9. The molecule has 3 fully saturated rings. The van der Waals surface area contributed by atoms with Gasteiger partial charge >= 0.3 is 35.8 Å². The predicted octanol–water partition coefficient (Wildman–Crippen LogP) is 3.42. The number of carbonyl (C=O) groups is 6. The van der Waals surface area contributed by atoms with Crippen LogP contribution in [-0.2, 0) is 61.9 Å². The number of carbonyl (C=O) groups excluding carboxylic acids is 6. The molecule has 0 amide bonds. The van der Waals surface area contributed by atoms with E-state index in [4.69, 9.17) is 33.2 Å². The van der Waals surface area contributed by atoms with E-state index in [1.807, 2.05) is 6.92 Å². The van der Waals surface area contributed by atoms with Crippen LogP contribution in [0.25, 0.3) is 0 Å². The van der Waals surface area contributed by atoms with E-state index in [9.17, 15) is 33.9 Å². The first-order valence-electron chi connectivity index (χ1n) is 17.3. The quantitative estimate of drug-likeness (QED) is 0.150. The summed E-state index contributed by atoms with van der Waals surface area (Å²) in [5, 5.41) is 13.4. The zero-order chi connectivity index (χ0) is 37.6. The molecule has 10 atom stereocenters. The van der Waals surface area contributed by atoms with Crippen molar-refractivity contribution in [3.05, 3.63) is 11.1 Å². The van der Waals surface area contributed by atoms with Crippen LogP contribution in [0.2, 0.25) is 0 Å². The minimum absolute atomic E-state index is 0.00328. The van der Waals surface area contributed by atoms with Crippen LogP contribution in [0.15, 0.2) is 11.1 Å². The average Bonchev–Trinajstić information content (AvgIpc) is 2.96. The summed E-state index contributed by atoms with van der Waals surface area (Å²) in [7, 11) is 0. The van der Waals surface area contributed by atoms with E-state index in [1.54, 1.807) is 27.7 Å². The molecule has 1 saturated heterocycles. The Kier molecular flexibility index (Phi) is 11.2. The highest BCUT2D eigenvalue weighted by atomic mass is 16.6. The van der Waals surface area contributed by atoms with Crippen LogP contribution in [0.3, 0.4) is 0 Å². The summed E-state index contributed by atoms with van der Waals surface area (Å²) in [6, 6.07) is 0. The molecule has 14 heteroatoms. The van der Waals surface area contributed by atoms with Gasteiger partial charge in [-0.25, -0.2) is 0 Å². The predicted molar refractivity (Wildman–Crippen MR) is 173 cm³/mol. The molecule has 50 heavy (non-hydrogen) atoms. The number of fused-ring (bicyclic) bond motifs is 5. The monoisotopic (exact) mass is 708 g/mol. The largest absolute Gasteiger partial charge is 0.462 e. The van der Waals surface area contributed by atoms with Crippen LogP contribution in [0, 0.1) is 16.7 Å². The van der Waals surface area contributed by atoms with Gasteiger partial charge in [-0.05, 0) is 24.5 Å². The highest BCUT2D eigenvalue weighted by Gasteiger charge is 2.79. The minimum Gasteiger partial charge on any atom is -0.462 e. The Morgan fingerprint density at radius 1 is 0.800 bits per heavy atom. The lowest BCUT2D eigenvalue weighted by Crippen LogP contribution is -2.82. The van der Waals surface area contributed by atoms with E-state index < -0.39 is 100 Å². The first-order chi connectivity index (χ1) is 23.2. The Balaban J connectivity index is 2.20. The fourth-order valence-electron chi connectivity index (χ4n) is 9.12. The highest BCUT2D eigenvalue weighted by Crippen LogP contribution is 2.66. The summed E-state index contributed by atoms with van der Waals surface area (Å²) < 4.78 is 42.5. The normalized spacial score (nSPS) is 36.9. The van der Waals surface area contributed by atoms with Crippen molar-refractivity contribution in [2.45, 2.75) is 156 Å². The summed E-state index contributed by atoms with van der Waals surface area (Å²) in [6.07, 6.45) is -5.96. The fourth-order valence-corrected chi connectivity index (χ4v) is 9.12. The van der Waals surface area contributed by atoms with Crippen LogP contribution < -0.4 is 0 Å². The summed E-state index contributed by atoms with van der Waals surface area (Å²) in [5.74, 6) is -5.57. The number of rotatable bonds is 10. The van der Waals surface area contributed by atoms with Gasteiger partial charge in [0.2, 0.25) is 0 Å². The van der Waals surface area contributed by atoms with Crippen molar-refractivity contribution in [3.63, 3.8) is 0 Å². The molecule has 0 aromatic carbocycles. The molecule has 2 saturated carbocycles. The lowest BCUT2D eigenvalue weighted by molar-refractivity contribution is -0.366. The SMILES string of the molecule is CCCCCC(=O)OC1[C@H]2[C@@](C)(C(OC(C)=O)CC3OC[C@]32OC(C)=O)C(OC(C)=O)C(OC(C)=O)C2=C(C)C(OC(C)=O)C[C@]1(O)C2(C)C. The lowest BCUT2D eigenvalue weighted by atomic mass is 9.44. The van der Waals surface area contributed by atoms with Gasteiger partial charge in [0.05, 0.1) is 17.9 Å². The van der Waals surface area contributed by atoms with Gasteiger partial charge in [0, 0.05) is 59.3 Å². The molecule has 0 radical (unpaired) electrons. The van der Waals surface area contributed by atoms with Crippen molar-refractivity contribution in [3.8, 4) is 0 Å². The molecular formula is C36H52O14. The molecule has 1 N–H and O–H groups in total. The number of unbranched alkanes of at least 4 members (excludes halogenated alkanes) is 2. The Morgan fingerprint density at radius 3 is 1.90 bits per heavy atom. The van der Waals surface area contributed by atoms with Gasteiger partial charge in [-0.2, -0.15) is 0 Å². The second kappa shape index (κ2) is 14.2. The standard InChI is InChI=1S/C36H52O14/c1-11-12-13-14-27(42)49-32-30-34(10,25(46-20(4)38)15-26-35(30,17-44-26)50-23(7)41)31(48-22(6)40)29(47-21(5)39)28-18(2)24(45-19(3)37)16-36(32,43)33(28,8)9/h24-26,29-32,43H,11-17H2,1-10H3/t24?,25?,26?,29?,30-,31?,32?,34+,35-,36+/m0/s1. The number of hydrogen-bond acceptors (Lipinski definition) is 14. The van der Waals surface area contributed by atoms with Crippen molar-refractivity contribution in [2.24, 2.45) is 16.7 Å². The third-order valence-corrected chi connectivity index (χ3v) is 11.3. The maximum atomic E-state index is 13.9. The Labute approximate surface area is 292 Å². The van der Waals surface area contributed by atoms with Crippen LogP contribution >= 0.6 is 0 Å². The van der Waals surface area contributed by atoms with Crippen molar-refractivity contribution in [1.82, 2.24) is 0 Å². The third kappa shape index (κ3) is 6.65. The van der Waals surface area contributed by atoms with Crippen molar-refractivity contribution in [1.29, 1.82) is 0 Å². The molecule has 4 rings (SSSR count). The number of ether oxygens (including phenoxy) is 7. The number of hydrogen-bond donors (Lipinski definition) is 1. The molecule has 1 heterocycles. The topological polar surface area (TPSA) is 187 Å². The van der Waals surface area contributed by atoms with E-state index >= 15 is 0 Å². The second-order valence-electron chi connectivity index (χ2n) is 14.9. The van der Waals surface area contributed by atoms with E-state index in [1.165, 1.54) is 34.6 Å². The maximum absolute atomic E-state index is 13.9. The highest BCUT2D eigenvalue weighted by molar-refractivity contribution is 5.71. The van der Waals surface area contributed by atoms with Gasteiger partial charge in [-0.1, -0.05) is 40.5 Å². The van der Waals surface area contributed by atoms with E-state index in [0.717, 1.165) is 12.8 Å². The summed E-state index contributed by atoms with van der Waals surface area (Å²) in [6.45, 7) is 14.4. The first kappa shape index (κ1) is 39.3. The van der Waals surface area contributed by atoms with Gasteiger partial charge in [-0.15, -0.1) is 0 Å². The summed E-state index contributed by atoms with van der Waals surface area (Å²) in [4.78, 5) is 78.1. The van der Waals surface area contributed by atoms with E-state index in [2.05, 4.69) is 0 Å². The van der Waals surface area contributed by atoms with Crippen LogP contribution in [0.1, 0.15) is 108 Å². The van der Waals surface area contributed by atoms with Crippen LogP contribution in [0.4, 0.5) is 0 Å². The minimum atomic E-state index is -2.13. The number of aliphatic hydroxyl groups is 1. The van der Waals surface area contributed by atoms with Crippen molar-refractivity contribution >= 4 is 35.8 Å². The smallest absolute Gasteiger partial charge is 0.306 e.